The van der Waals surface area contributed by atoms with Gasteiger partial charge < -0.3 is 15.4 Å². The van der Waals surface area contributed by atoms with Crippen molar-refractivity contribution >= 4 is 22.8 Å². The summed E-state index contributed by atoms with van der Waals surface area (Å²) in [5, 5.41) is 23.3. The zero-order valence-electron chi connectivity index (χ0n) is 17.9. The van der Waals surface area contributed by atoms with Gasteiger partial charge in [0.1, 0.15) is 17.9 Å². The van der Waals surface area contributed by atoms with Crippen LogP contribution in [0.2, 0.25) is 0 Å². The number of hydrogen-bond acceptors (Lipinski definition) is 8. The van der Waals surface area contributed by atoms with Crippen molar-refractivity contribution in [3.63, 3.8) is 0 Å². The van der Waals surface area contributed by atoms with Gasteiger partial charge in [0.05, 0.1) is 30.3 Å². The molecule has 1 atom stereocenters. The average Bonchev–Trinajstić information content (AvgIpc) is 3.21. The van der Waals surface area contributed by atoms with Crippen molar-refractivity contribution in [1.82, 2.24) is 14.6 Å². The predicted molar refractivity (Wildman–Crippen MR) is 117 cm³/mol. The number of methoxy groups -OCH3 is 1. The van der Waals surface area contributed by atoms with Crippen LogP contribution in [0, 0.1) is 22.3 Å². The highest BCUT2D eigenvalue weighted by Crippen LogP contribution is 2.36. The number of benzene rings is 1. The van der Waals surface area contributed by atoms with E-state index in [1.54, 1.807) is 23.7 Å². The van der Waals surface area contributed by atoms with Crippen LogP contribution >= 0.6 is 0 Å². The predicted octanol–water partition coefficient (Wildman–Crippen LogP) is 4.80. The Hall–Kier alpha value is -3.74. The van der Waals surface area contributed by atoms with E-state index in [-0.39, 0.29) is 0 Å². The Labute approximate surface area is 179 Å². The molecule has 0 bridgehead atoms. The van der Waals surface area contributed by atoms with Crippen LogP contribution in [0.25, 0.3) is 16.6 Å². The Bertz CT molecular complexity index is 1130. The number of halogens is 1. The number of anilines is 2. The lowest BCUT2D eigenvalue weighted by atomic mass is 9.96. The number of nitrogens with one attached hydrogen (secondary N) is 3. The first-order valence-corrected chi connectivity index (χ1v) is 9.74. The van der Waals surface area contributed by atoms with Gasteiger partial charge in [-0.05, 0) is 44.5 Å². The normalized spacial score (nSPS) is 12.3. The second-order valence-electron chi connectivity index (χ2n) is 7.86. The molecule has 0 aliphatic rings. The fourth-order valence-corrected chi connectivity index (χ4v) is 3.00. The minimum atomic E-state index is -0.571. The third kappa shape index (κ3) is 4.71. The number of hydrogen-bond donors (Lipinski definition) is 3. The molecule has 3 rings (SSSR count). The summed E-state index contributed by atoms with van der Waals surface area (Å²) in [5.41, 5.74) is 10.1. The fraction of sp³-hybridized carbons (Fsp3) is 0.381. The molecule has 0 amide bonds. The molecular weight excluding hydrogens is 399 g/mol. The van der Waals surface area contributed by atoms with Gasteiger partial charge in [-0.2, -0.15) is 15.4 Å². The van der Waals surface area contributed by atoms with Gasteiger partial charge in [0, 0.05) is 18.3 Å². The second kappa shape index (κ2) is 8.95. The molecule has 31 heavy (non-hydrogen) atoms. The van der Waals surface area contributed by atoms with Crippen LogP contribution in [0.5, 0.6) is 5.88 Å². The summed E-state index contributed by atoms with van der Waals surface area (Å²) >= 11 is 0. The minimum absolute atomic E-state index is 0.345. The first kappa shape index (κ1) is 22.0. The Morgan fingerprint density at radius 1 is 1.39 bits per heavy atom. The van der Waals surface area contributed by atoms with Gasteiger partial charge in [-0.15, -0.1) is 5.10 Å². The van der Waals surface area contributed by atoms with Crippen molar-refractivity contribution in [3.8, 4) is 23.1 Å². The molecule has 3 N–H and O–H groups in total. The van der Waals surface area contributed by atoms with Gasteiger partial charge in [-0.3, -0.25) is 0 Å². The molecule has 2 aromatic heterocycles. The maximum Gasteiger partial charge on any atom is 0.244 e. The summed E-state index contributed by atoms with van der Waals surface area (Å²) in [5.74, 6) is 0.713. The zero-order chi connectivity index (χ0) is 22.6. The summed E-state index contributed by atoms with van der Waals surface area (Å²) in [7, 11) is 1.53. The van der Waals surface area contributed by atoms with Crippen molar-refractivity contribution in [2.24, 2.45) is 10.5 Å². The van der Waals surface area contributed by atoms with E-state index in [1.807, 2.05) is 32.0 Å². The van der Waals surface area contributed by atoms with Crippen molar-refractivity contribution in [2.75, 3.05) is 31.0 Å². The van der Waals surface area contributed by atoms with Gasteiger partial charge in [0.2, 0.25) is 11.8 Å². The van der Waals surface area contributed by atoms with Gasteiger partial charge >= 0.3 is 0 Å². The lowest BCUT2D eigenvalue weighted by Gasteiger charge is -2.16. The number of ether oxygens (including phenoxy) is 1. The van der Waals surface area contributed by atoms with Crippen LogP contribution in [0.15, 0.2) is 35.6 Å². The Morgan fingerprint density at radius 3 is 2.81 bits per heavy atom. The highest BCUT2D eigenvalue weighted by molar-refractivity contribution is 5.87. The molecule has 1 aromatic carbocycles. The van der Waals surface area contributed by atoms with Crippen molar-refractivity contribution in [1.29, 1.82) is 10.8 Å². The lowest BCUT2D eigenvalue weighted by molar-refractivity contribution is 0.399. The highest BCUT2D eigenvalue weighted by atomic mass is 19.1. The van der Waals surface area contributed by atoms with Gasteiger partial charge in [0.15, 0.2) is 0 Å². The quantitative estimate of drug-likeness (QED) is 0.424. The van der Waals surface area contributed by atoms with E-state index in [0.717, 1.165) is 11.1 Å². The molecule has 0 unspecified atom stereocenters. The van der Waals surface area contributed by atoms with E-state index >= 15 is 0 Å². The van der Waals surface area contributed by atoms with Crippen LogP contribution in [-0.2, 0) is 0 Å². The summed E-state index contributed by atoms with van der Waals surface area (Å²) in [6, 6.07) is 9.04. The average molecular weight is 424 g/mol. The number of aromatic nitrogens is 3. The van der Waals surface area contributed by atoms with Crippen LogP contribution in [-0.4, -0.2) is 41.0 Å². The Kier molecular flexibility index (Phi) is 6.34. The van der Waals surface area contributed by atoms with Crippen LogP contribution in [0.4, 0.5) is 21.7 Å². The van der Waals surface area contributed by atoms with E-state index in [4.69, 9.17) is 10.3 Å². The summed E-state index contributed by atoms with van der Waals surface area (Å²) in [6.07, 6.45) is 1.79. The maximum atomic E-state index is 13.0. The number of fused-ring (bicyclic) bond motifs is 1. The van der Waals surface area contributed by atoms with Crippen LogP contribution in [0.3, 0.4) is 0 Å². The first-order valence-electron chi connectivity index (χ1n) is 9.74. The van der Waals surface area contributed by atoms with E-state index < -0.39 is 18.1 Å². The molecule has 3 aromatic rings. The maximum absolute atomic E-state index is 13.0. The molecule has 162 valence electrons. The number of nitriles is 1. The van der Waals surface area contributed by atoms with Crippen molar-refractivity contribution in [3.05, 3.63) is 30.5 Å². The van der Waals surface area contributed by atoms with Crippen LogP contribution in [0.1, 0.15) is 20.8 Å². The smallest absolute Gasteiger partial charge is 0.244 e. The van der Waals surface area contributed by atoms with Gasteiger partial charge in [0.25, 0.3) is 0 Å². The largest absolute Gasteiger partial charge is 0.479 e. The molecule has 0 spiro atoms. The summed E-state index contributed by atoms with van der Waals surface area (Å²) in [6.45, 7) is 5.20. The van der Waals surface area contributed by atoms with E-state index in [1.165, 1.54) is 7.11 Å². The monoisotopic (exact) mass is 424 g/mol. The topological polar surface area (TPSA) is 123 Å². The van der Waals surface area contributed by atoms with Gasteiger partial charge in [-0.1, -0.05) is 6.07 Å². The molecule has 9 nitrogen and oxygen atoms in total. The van der Waals surface area contributed by atoms with E-state index in [2.05, 4.69) is 31.9 Å². The van der Waals surface area contributed by atoms with Crippen molar-refractivity contribution < 1.29 is 9.13 Å². The highest BCUT2D eigenvalue weighted by Gasteiger charge is 2.19. The molecule has 0 aliphatic carbocycles. The SMILES string of the molecule is COc1nc(NCC(C)(C)C#N)nn2ccc(-c3ccc(N=N)c(N[C@H](C)CF)c3)c12. The molecular formula is C21H25FN8O. The Balaban J connectivity index is 2.03. The molecule has 10 heteroatoms. The first-order chi connectivity index (χ1) is 14.8. The molecule has 0 saturated carbocycles. The molecule has 0 aliphatic heterocycles. The molecule has 0 saturated heterocycles. The van der Waals surface area contributed by atoms with E-state index in [9.17, 15) is 9.65 Å². The lowest BCUT2D eigenvalue weighted by Crippen LogP contribution is -2.22. The van der Waals surface area contributed by atoms with Gasteiger partial charge in [-0.25, -0.2) is 14.4 Å². The van der Waals surface area contributed by atoms with E-state index in [0.29, 0.717) is 35.3 Å². The van der Waals surface area contributed by atoms with Crippen LogP contribution < -0.4 is 15.4 Å². The molecule has 0 fully saturated rings. The molecule has 2 heterocycles. The summed E-state index contributed by atoms with van der Waals surface area (Å²) in [4.78, 5) is 4.44. The fourth-order valence-electron chi connectivity index (χ4n) is 3.00. The zero-order valence-corrected chi connectivity index (χ0v) is 17.9. The number of rotatable bonds is 9. The Morgan fingerprint density at radius 2 is 2.16 bits per heavy atom. The number of alkyl halides is 1. The number of nitrogens with zero attached hydrogens (tertiary/aromatic N) is 5. The molecule has 0 radical (unpaired) electrons. The standard InChI is InChI=1S/C21H25FN8O/c1-13(10-22)26-17-9-14(5-6-16(17)28-24)15-7-8-30-18(15)19(31-4)27-20(29-30)25-12-21(2,3)11-23/h5-9,13,24,26H,10,12H2,1-4H3,(H,25,29)/t13-/m1/s1. The third-order valence-electron chi connectivity index (χ3n) is 4.72. The second-order valence-corrected chi connectivity index (χ2v) is 7.86. The minimum Gasteiger partial charge on any atom is -0.479 e. The third-order valence-corrected chi connectivity index (χ3v) is 4.72. The summed E-state index contributed by atoms with van der Waals surface area (Å²) < 4.78 is 20.2. The van der Waals surface area contributed by atoms with Crippen molar-refractivity contribution in [2.45, 2.75) is 26.8 Å².